The SMILES string of the molecule is Cc1ccc(Sc2ccc([C@H]3[C@H](c4ccccn4)NC(=S)N3C3CCCC3)o2)cc1. The van der Waals surface area contributed by atoms with Crippen molar-refractivity contribution in [2.75, 3.05) is 0 Å². The molecule has 154 valence electrons. The van der Waals surface area contributed by atoms with Crippen LogP contribution in [0.5, 0.6) is 0 Å². The molecule has 1 N–H and O–H groups in total. The molecule has 1 aliphatic heterocycles. The van der Waals surface area contributed by atoms with E-state index in [1.165, 1.54) is 36.1 Å². The van der Waals surface area contributed by atoms with Gasteiger partial charge in [0.25, 0.3) is 0 Å². The van der Waals surface area contributed by atoms with Crippen LogP contribution in [0.3, 0.4) is 0 Å². The maximum Gasteiger partial charge on any atom is 0.170 e. The number of aromatic nitrogens is 1. The van der Waals surface area contributed by atoms with Crippen molar-refractivity contribution in [1.29, 1.82) is 0 Å². The number of thiocarbonyl (C=S) groups is 1. The first-order valence-corrected chi connectivity index (χ1v) is 11.8. The summed E-state index contributed by atoms with van der Waals surface area (Å²) in [5.41, 5.74) is 2.25. The summed E-state index contributed by atoms with van der Waals surface area (Å²) in [6.45, 7) is 2.10. The van der Waals surface area contributed by atoms with Crippen LogP contribution >= 0.6 is 24.0 Å². The molecule has 30 heavy (non-hydrogen) atoms. The second-order valence-electron chi connectivity index (χ2n) is 8.04. The molecule has 2 fully saturated rings. The lowest BCUT2D eigenvalue weighted by molar-refractivity contribution is 0.210. The van der Waals surface area contributed by atoms with Crippen LogP contribution in [-0.4, -0.2) is 21.0 Å². The minimum atomic E-state index is -0.0114. The Balaban J connectivity index is 1.47. The molecule has 0 amide bonds. The van der Waals surface area contributed by atoms with Crippen LogP contribution in [0.4, 0.5) is 0 Å². The highest BCUT2D eigenvalue weighted by Gasteiger charge is 2.45. The highest BCUT2D eigenvalue weighted by Crippen LogP contribution is 2.44. The molecule has 3 heterocycles. The maximum absolute atomic E-state index is 6.39. The summed E-state index contributed by atoms with van der Waals surface area (Å²) in [4.78, 5) is 8.17. The first kappa shape index (κ1) is 19.6. The molecule has 6 heteroatoms. The summed E-state index contributed by atoms with van der Waals surface area (Å²) < 4.78 is 6.39. The van der Waals surface area contributed by atoms with Crippen molar-refractivity contribution >= 4 is 29.1 Å². The lowest BCUT2D eigenvalue weighted by Gasteiger charge is -2.31. The van der Waals surface area contributed by atoms with E-state index in [-0.39, 0.29) is 12.1 Å². The highest BCUT2D eigenvalue weighted by molar-refractivity contribution is 7.99. The van der Waals surface area contributed by atoms with E-state index in [0.29, 0.717) is 6.04 Å². The van der Waals surface area contributed by atoms with Gasteiger partial charge >= 0.3 is 0 Å². The first-order chi connectivity index (χ1) is 14.7. The molecule has 5 rings (SSSR count). The number of furan rings is 1. The smallest absolute Gasteiger partial charge is 0.170 e. The molecular formula is C24H25N3OS2. The number of nitrogens with zero attached hydrogens (tertiary/aromatic N) is 2. The average molecular weight is 436 g/mol. The zero-order chi connectivity index (χ0) is 20.5. The normalized spacial score (nSPS) is 21.9. The summed E-state index contributed by atoms with van der Waals surface area (Å²) in [5, 5.41) is 5.25. The van der Waals surface area contributed by atoms with Crippen LogP contribution in [0.1, 0.15) is 54.8 Å². The molecule has 1 aliphatic carbocycles. The number of pyridine rings is 1. The van der Waals surface area contributed by atoms with Crippen LogP contribution in [0, 0.1) is 6.92 Å². The average Bonchev–Trinajstić information content (AvgIpc) is 3.50. The summed E-state index contributed by atoms with van der Waals surface area (Å²) in [6, 6.07) is 19.2. The minimum absolute atomic E-state index is 0.0114. The summed E-state index contributed by atoms with van der Waals surface area (Å²) in [6.07, 6.45) is 6.73. The van der Waals surface area contributed by atoms with Crippen LogP contribution in [0.15, 0.2) is 75.2 Å². The van der Waals surface area contributed by atoms with Gasteiger partial charge in [-0.2, -0.15) is 0 Å². The first-order valence-electron chi connectivity index (χ1n) is 10.5. The van der Waals surface area contributed by atoms with Gasteiger partial charge in [0.2, 0.25) is 0 Å². The van der Waals surface area contributed by atoms with Gasteiger partial charge in [-0.3, -0.25) is 4.98 Å². The van der Waals surface area contributed by atoms with E-state index < -0.39 is 0 Å². The summed E-state index contributed by atoms with van der Waals surface area (Å²) in [5.74, 6) is 0.944. The Morgan fingerprint density at radius 3 is 2.60 bits per heavy atom. The molecular weight excluding hydrogens is 410 g/mol. The second kappa shape index (κ2) is 8.44. The standard InChI is InChI=1S/C24H25N3OS2/c1-16-9-11-18(12-10-16)30-21-14-13-20(28-21)23-22(19-8-4-5-15-25-19)26-24(29)27(23)17-6-2-3-7-17/h4-5,8-15,17,22-23H,2-3,6-7H2,1H3,(H,26,29)/t22-,23-/m0/s1. The van der Waals surface area contributed by atoms with Crippen LogP contribution in [-0.2, 0) is 0 Å². The van der Waals surface area contributed by atoms with Crippen molar-refractivity contribution in [2.24, 2.45) is 0 Å². The molecule has 3 aromatic rings. The number of rotatable bonds is 5. The van der Waals surface area contributed by atoms with Crippen LogP contribution < -0.4 is 5.32 Å². The molecule has 1 saturated carbocycles. The summed E-state index contributed by atoms with van der Waals surface area (Å²) in [7, 11) is 0. The fourth-order valence-electron chi connectivity index (χ4n) is 4.52. The quantitative estimate of drug-likeness (QED) is 0.492. The second-order valence-corrected chi connectivity index (χ2v) is 9.51. The van der Waals surface area contributed by atoms with Gasteiger partial charge in [0.05, 0.1) is 11.7 Å². The fraction of sp³-hybridized carbons (Fsp3) is 0.333. The van der Waals surface area contributed by atoms with Gasteiger partial charge in [0, 0.05) is 17.1 Å². The molecule has 0 radical (unpaired) electrons. The monoisotopic (exact) mass is 435 g/mol. The van der Waals surface area contributed by atoms with Gasteiger partial charge in [-0.15, -0.1) is 0 Å². The largest absolute Gasteiger partial charge is 0.452 e. The number of aryl methyl sites for hydroxylation is 1. The van der Waals surface area contributed by atoms with Crippen molar-refractivity contribution in [1.82, 2.24) is 15.2 Å². The molecule has 0 unspecified atom stereocenters. The Bertz CT molecular complexity index is 1010. The predicted molar refractivity (Wildman–Crippen MR) is 124 cm³/mol. The maximum atomic E-state index is 6.39. The van der Waals surface area contributed by atoms with E-state index in [2.05, 4.69) is 64.6 Å². The topological polar surface area (TPSA) is 41.3 Å². The molecule has 1 saturated heterocycles. The zero-order valence-corrected chi connectivity index (χ0v) is 18.6. The molecule has 2 aliphatic rings. The van der Waals surface area contributed by atoms with Gasteiger partial charge in [-0.05, 0) is 68.4 Å². The highest BCUT2D eigenvalue weighted by atomic mass is 32.2. The van der Waals surface area contributed by atoms with Gasteiger partial charge in [0.1, 0.15) is 11.8 Å². The lowest BCUT2D eigenvalue weighted by atomic mass is 10.0. The minimum Gasteiger partial charge on any atom is -0.452 e. The zero-order valence-electron chi connectivity index (χ0n) is 17.0. The Labute approximate surface area is 187 Å². The van der Waals surface area contributed by atoms with Gasteiger partial charge < -0.3 is 14.6 Å². The van der Waals surface area contributed by atoms with Crippen LogP contribution in [0.25, 0.3) is 0 Å². The Hall–Kier alpha value is -2.31. The van der Waals surface area contributed by atoms with Gasteiger partial charge in [-0.1, -0.05) is 48.4 Å². The third-order valence-corrected chi connectivity index (χ3v) is 7.24. The lowest BCUT2D eigenvalue weighted by Crippen LogP contribution is -2.37. The van der Waals surface area contributed by atoms with E-state index in [9.17, 15) is 0 Å². The number of benzene rings is 1. The van der Waals surface area contributed by atoms with E-state index >= 15 is 0 Å². The molecule has 0 spiro atoms. The summed E-state index contributed by atoms with van der Waals surface area (Å²) >= 11 is 7.45. The third-order valence-electron chi connectivity index (χ3n) is 5.99. The number of hydrogen-bond donors (Lipinski definition) is 1. The van der Waals surface area contributed by atoms with E-state index in [4.69, 9.17) is 16.6 Å². The van der Waals surface area contributed by atoms with E-state index in [0.717, 1.165) is 21.7 Å². The fourth-order valence-corrected chi connectivity index (χ4v) is 5.68. The van der Waals surface area contributed by atoms with Crippen molar-refractivity contribution in [3.05, 3.63) is 77.8 Å². The van der Waals surface area contributed by atoms with Gasteiger partial charge in [-0.25, -0.2) is 0 Å². The molecule has 4 nitrogen and oxygen atoms in total. The number of nitrogens with one attached hydrogen (secondary N) is 1. The van der Waals surface area contributed by atoms with Crippen molar-refractivity contribution in [3.8, 4) is 0 Å². The molecule has 0 bridgehead atoms. The van der Waals surface area contributed by atoms with Gasteiger partial charge in [0.15, 0.2) is 10.2 Å². The predicted octanol–water partition coefficient (Wildman–Crippen LogP) is 6.05. The van der Waals surface area contributed by atoms with E-state index in [1.807, 2.05) is 18.3 Å². The van der Waals surface area contributed by atoms with E-state index in [1.54, 1.807) is 11.8 Å². The van der Waals surface area contributed by atoms with Crippen molar-refractivity contribution in [2.45, 2.75) is 60.7 Å². The van der Waals surface area contributed by atoms with Crippen molar-refractivity contribution < 1.29 is 4.42 Å². The Morgan fingerprint density at radius 2 is 1.87 bits per heavy atom. The third kappa shape index (κ3) is 3.86. The Kier molecular flexibility index (Phi) is 5.52. The molecule has 2 atom stereocenters. The van der Waals surface area contributed by atoms with Crippen molar-refractivity contribution in [3.63, 3.8) is 0 Å². The van der Waals surface area contributed by atoms with Crippen LogP contribution in [0.2, 0.25) is 0 Å². The Morgan fingerprint density at radius 1 is 1.07 bits per heavy atom. The molecule has 1 aromatic carbocycles. The number of hydrogen-bond acceptors (Lipinski definition) is 4. The molecule has 2 aromatic heterocycles.